The van der Waals surface area contributed by atoms with E-state index in [2.05, 4.69) is 34.2 Å². The highest BCUT2D eigenvalue weighted by atomic mass is 19.1. The number of nitrogens with one attached hydrogen (secondary N) is 1. The Labute approximate surface area is 118 Å². The van der Waals surface area contributed by atoms with Crippen molar-refractivity contribution in [2.24, 2.45) is 5.92 Å². The molecule has 2 rings (SSSR count). The van der Waals surface area contributed by atoms with Crippen LogP contribution in [0.1, 0.15) is 32.9 Å². The number of aryl methyl sites for hydroxylation is 2. The highest BCUT2D eigenvalue weighted by molar-refractivity contribution is 5.51. The van der Waals surface area contributed by atoms with Gasteiger partial charge in [0.25, 0.3) is 0 Å². The number of anilines is 2. The first kappa shape index (κ1) is 14.4. The van der Waals surface area contributed by atoms with E-state index in [1.807, 2.05) is 23.9 Å². The molecule has 108 valence electrons. The maximum absolute atomic E-state index is 14.0. The van der Waals surface area contributed by atoms with E-state index in [0.717, 1.165) is 13.0 Å². The summed E-state index contributed by atoms with van der Waals surface area (Å²) in [7, 11) is 0. The Morgan fingerprint density at radius 2 is 2.15 bits per heavy atom. The molecule has 0 radical (unpaired) electrons. The maximum Gasteiger partial charge on any atom is 0.187 e. The van der Waals surface area contributed by atoms with Crippen molar-refractivity contribution in [3.63, 3.8) is 0 Å². The molecule has 0 aliphatic carbocycles. The van der Waals surface area contributed by atoms with Crippen LogP contribution in [0.25, 0.3) is 0 Å². The summed E-state index contributed by atoms with van der Waals surface area (Å²) in [6.07, 6.45) is 4.83. The van der Waals surface area contributed by atoms with Gasteiger partial charge in [0.2, 0.25) is 0 Å². The Morgan fingerprint density at radius 3 is 2.85 bits per heavy atom. The van der Waals surface area contributed by atoms with Crippen LogP contribution >= 0.6 is 0 Å². The fourth-order valence-corrected chi connectivity index (χ4v) is 1.80. The normalized spacial score (nSPS) is 11.1. The van der Waals surface area contributed by atoms with Crippen molar-refractivity contribution in [3.05, 3.63) is 30.1 Å². The van der Waals surface area contributed by atoms with Crippen molar-refractivity contribution in [2.75, 3.05) is 5.32 Å². The average Bonchev–Trinajstić information content (AvgIpc) is 2.86. The van der Waals surface area contributed by atoms with Crippen LogP contribution in [0.5, 0.6) is 0 Å². The van der Waals surface area contributed by atoms with Gasteiger partial charge in [-0.15, -0.1) is 0 Å². The molecule has 0 fully saturated rings. The van der Waals surface area contributed by atoms with E-state index in [-0.39, 0.29) is 5.82 Å². The molecule has 2 heterocycles. The molecule has 2 aromatic rings. The van der Waals surface area contributed by atoms with Gasteiger partial charge in [-0.05, 0) is 18.8 Å². The summed E-state index contributed by atoms with van der Waals surface area (Å²) in [4.78, 5) is 7.82. The highest BCUT2D eigenvalue weighted by Gasteiger charge is 2.10. The summed E-state index contributed by atoms with van der Waals surface area (Å²) >= 11 is 0. The number of hydrogen-bond donors (Lipinski definition) is 1. The third-order valence-electron chi connectivity index (χ3n) is 3.02. The number of hydrogen-bond acceptors (Lipinski definition) is 4. The van der Waals surface area contributed by atoms with Gasteiger partial charge in [0, 0.05) is 18.8 Å². The fourth-order valence-electron chi connectivity index (χ4n) is 1.80. The summed E-state index contributed by atoms with van der Waals surface area (Å²) in [6.45, 7) is 7.05. The number of rotatable bonds is 6. The topological polar surface area (TPSA) is 55.6 Å². The van der Waals surface area contributed by atoms with Crippen LogP contribution in [0.2, 0.25) is 0 Å². The molecule has 5 nitrogen and oxygen atoms in total. The van der Waals surface area contributed by atoms with Crippen molar-refractivity contribution in [3.8, 4) is 0 Å². The van der Waals surface area contributed by atoms with E-state index in [1.54, 1.807) is 0 Å². The predicted octanol–water partition coefficient (Wildman–Crippen LogP) is 3.16. The Kier molecular flexibility index (Phi) is 4.65. The first-order valence-corrected chi connectivity index (χ1v) is 6.90. The van der Waals surface area contributed by atoms with Crippen LogP contribution in [-0.4, -0.2) is 19.7 Å². The number of aromatic nitrogens is 4. The summed E-state index contributed by atoms with van der Waals surface area (Å²) in [6, 6.07) is 1.81. The van der Waals surface area contributed by atoms with Gasteiger partial charge in [-0.25, -0.2) is 14.4 Å². The van der Waals surface area contributed by atoms with Crippen LogP contribution < -0.4 is 5.32 Å². The lowest BCUT2D eigenvalue weighted by atomic mass is 10.1. The van der Waals surface area contributed by atoms with Crippen molar-refractivity contribution < 1.29 is 4.39 Å². The van der Waals surface area contributed by atoms with E-state index in [0.29, 0.717) is 23.9 Å². The molecule has 20 heavy (non-hydrogen) atoms. The van der Waals surface area contributed by atoms with Crippen LogP contribution in [0.4, 0.5) is 16.0 Å². The second kappa shape index (κ2) is 6.45. The Hall–Kier alpha value is -1.98. The molecule has 0 atom stereocenters. The van der Waals surface area contributed by atoms with Gasteiger partial charge < -0.3 is 5.32 Å². The van der Waals surface area contributed by atoms with Crippen LogP contribution in [-0.2, 0) is 13.0 Å². The van der Waals surface area contributed by atoms with Crippen molar-refractivity contribution in [1.82, 2.24) is 19.7 Å². The van der Waals surface area contributed by atoms with Gasteiger partial charge in [-0.2, -0.15) is 5.10 Å². The van der Waals surface area contributed by atoms with Gasteiger partial charge in [0.05, 0.1) is 5.69 Å². The lowest BCUT2D eigenvalue weighted by molar-refractivity contribution is 0.488. The minimum atomic E-state index is -0.410. The standard InChI is InChI=1S/C14H20FN5/c1-4-11-13(15)14(17-9-16-11)18-12-6-8-20(19-12)7-5-10(2)3/h6,8-10H,4-5,7H2,1-3H3,(H,16,17,18,19). The number of nitrogens with zero attached hydrogens (tertiary/aromatic N) is 4. The van der Waals surface area contributed by atoms with Gasteiger partial charge in [0.1, 0.15) is 6.33 Å². The van der Waals surface area contributed by atoms with E-state index < -0.39 is 5.82 Å². The minimum absolute atomic E-state index is 0.172. The molecule has 0 spiro atoms. The van der Waals surface area contributed by atoms with Gasteiger partial charge in [0.15, 0.2) is 17.5 Å². The average molecular weight is 277 g/mol. The molecule has 2 aromatic heterocycles. The summed E-state index contributed by atoms with van der Waals surface area (Å²) in [5.41, 5.74) is 0.404. The molecular weight excluding hydrogens is 257 g/mol. The second-order valence-electron chi connectivity index (χ2n) is 5.11. The monoisotopic (exact) mass is 277 g/mol. The van der Waals surface area contributed by atoms with Crippen molar-refractivity contribution in [1.29, 1.82) is 0 Å². The molecule has 0 amide bonds. The largest absolute Gasteiger partial charge is 0.321 e. The Bertz CT molecular complexity index is 564. The number of halogens is 1. The quantitative estimate of drug-likeness (QED) is 0.881. The van der Waals surface area contributed by atoms with E-state index >= 15 is 0 Å². The molecule has 0 aliphatic heterocycles. The lowest BCUT2D eigenvalue weighted by Crippen LogP contribution is -2.05. The van der Waals surface area contributed by atoms with Gasteiger partial charge in [-0.1, -0.05) is 20.8 Å². The van der Waals surface area contributed by atoms with E-state index in [4.69, 9.17) is 0 Å². The van der Waals surface area contributed by atoms with Crippen molar-refractivity contribution >= 4 is 11.6 Å². The van der Waals surface area contributed by atoms with Crippen LogP contribution in [0.3, 0.4) is 0 Å². The molecular formula is C14H20FN5. The fraction of sp³-hybridized carbons (Fsp3) is 0.500. The summed E-state index contributed by atoms with van der Waals surface area (Å²) in [5.74, 6) is 0.980. The molecule has 0 unspecified atom stereocenters. The first-order chi connectivity index (χ1) is 9.60. The molecule has 0 aromatic carbocycles. The Balaban J connectivity index is 2.07. The third-order valence-corrected chi connectivity index (χ3v) is 3.02. The molecule has 0 saturated heterocycles. The second-order valence-corrected chi connectivity index (χ2v) is 5.11. The van der Waals surface area contributed by atoms with Gasteiger partial charge in [-0.3, -0.25) is 4.68 Å². The minimum Gasteiger partial charge on any atom is -0.321 e. The van der Waals surface area contributed by atoms with Gasteiger partial charge >= 0.3 is 0 Å². The maximum atomic E-state index is 14.0. The van der Waals surface area contributed by atoms with E-state index in [9.17, 15) is 4.39 Å². The van der Waals surface area contributed by atoms with Crippen LogP contribution in [0.15, 0.2) is 18.6 Å². The third kappa shape index (κ3) is 3.53. The zero-order chi connectivity index (χ0) is 14.5. The molecule has 0 aliphatic rings. The SMILES string of the molecule is CCc1ncnc(Nc2ccn(CCC(C)C)n2)c1F. The van der Waals surface area contributed by atoms with Crippen LogP contribution in [0, 0.1) is 11.7 Å². The molecule has 0 saturated carbocycles. The Morgan fingerprint density at radius 1 is 1.35 bits per heavy atom. The highest BCUT2D eigenvalue weighted by Crippen LogP contribution is 2.17. The van der Waals surface area contributed by atoms with Crippen molar-refractivity contribution in [2.45, 2.75) is 40.2 Å². The molecule has 6 heteroatoms. The lowest BCUT2D eigenvalue weighted by Gasteiger charge is -2.06. The smallest absolute Gasteiger partial charge is 0.187 e. The molecule has 0 bridgehead atoms. The predicted molar refractivity (Wildman–Crippen MR) is 76.3 cm³/mol. The molecule has 1 N–H and O–H groups in total. The van der Waals surface area contributed by atoms with E-state index in [1.165, 1.54) is 6.33 Å². The summed E-state index contributed by atoms with van der Waals surface area (Å²) < 4.78 is 15.8. The summed E-state index contributed by atoms with van der Waals surface area (Å²) in [5, 5.41) is 7.25. The first-order valence-electron chi connectivity index (χ1n) is 6.90. The zero-order valence-corrected chi connectivity index (χ0v) is 12.1. The zero-order valence-electron chi connectivity index (χ0n) is 12.1.